The van der Waals surface area contributed by atoms with Crippen LogP contribution in [0.15, 0.2) is 53.9 Å². The average Bonchev–Trinajstić information content (AvgIpc) is 3.23. The maximum Gasteiger partial charge on any atom is 0.265 e. The zero-order valence-electron chi connectivity index (χ0n) is 16.4. The van der Waals surface area contributed by atoms with Gasteiger partial charge in [0.1, 0.15) is 11.5 Å². The van der Waals surface area contributed by atoms with Crippen molar-refractivity contribution in [2.45, 2.75) is 13.8 Å². The van der Waals surface area contributed by atoms with Crippen LogP contribution in [0.25, 0.3) is 0 Å². The van der Waals surface area contributed by atoms with Gasteiger partial charge in [0.15, 0.2) is 6.61 Å². The molecule has 0 fully saturated rings. The Morgan fingerprint density at radius 2 is 1.83 bits per heavy atom. The molecule has 0 aliphatic heterocycles. The van der Waals surface area contributed by atoms with Crippen molar-refractivity contribution in [2.75, 3.05) is 24.4 Å². The number of benzene rings is 2. The van der Waals surface area contributed by atoms with E-state index in [1.165, 1.54) is 18.4 Å². The lowest BCUT2D eigenvalue weighted by atomic mass is 10.1. The number of methoxy groups -OCH3 is 1. The van der Waals surface area contributed by atoms with E-state index in [0.29, 0.717) is 27.8 Å². The maximum atomic E-state index is 12.2. The molecular formula is C22H22N2O4S. The highest BCUT2D eigenvalue weighted by Crippen LogP contribution is 2.29. The predicted octanol–water partition coefficient (Wildman–Crippen LogP) is 4.64. The molecule has 0 saturated carbocycles. The standard InChI is InChI=1S/C22H22N2O4S/c1-14-6-9-18(15(2)11-14)28-13-21(25)23-16-7-8-17(19(12-16)27-3)24-22(26)20-5-4-10-29-20/h4-12H,13H2,1-3H3,(H,23,25)(H,24,26). The number of aryl methyl sites for hydroxylation is 2. The van der Waals surface area contributed by atoms with E-state index in [2.05, 4.69) is 10.6 Å². The first kappa shape index (κ1) is 20.4. The molecule has 0 saturated heterocycles. The summed E-state index contributed by atoms with van der Waals surface area (Å²) >= 11 is 1.36. The van der Waals surface area contributed by atoms with Crippen LogP contribution in [-0.4, -0.2) is 25.5 Å². The number of amides is 2. The van der Waals surface area contributed by atoms with Gasteiger partial charge in [0.2, 0.25) is 0 Å². The summed E-state index contributed by atoms with van der Waals surface area (Å²) in [7, 11) is 1.50. The summed E-state index contributed by atoms with van der Waals surface area (Å²) in [6, 6.07) is 14.4. The van der Waals surface area contributed by atoms with Crippen LogP contribution in [0.2, 0.25) is 0 Å². The van der Waals surface area contributed by atoms with E-state index < -0.39 is 0 Å². The van der Waals surface area contributed by atoms with Crippen molar-refractivity contribution in [2.24, 2.45) is 0 Å². The molecule has 1 heterocycles. The van der Waals surface area contributed by atoms with Gasteiger partial charge in [-0.3, -0.25) is 9.59 Å². The largest absolute Gasteiger partial charge is 0.494 e. The van der Waals surface area contributed by atoms with Crippen LogP contribution in [0.5, 0.6) is 11.5 Å². The van der Waals surface area contributed by atoms with E-state index in [4.69, 9.17) is 9.47 Å². The fourth-order valence-corrected chi connectivity index (χ4v) is 3.38. The number of anilines is 2. The third-order valence-corrected chi connectivity index (χ3v) is 5.04. The molecule has 0 bridgehead atoms. The summed E-state index contributed by atoms with van der Waals surface area (Å²) in [6.45, 7) is 3.83. The third-order valence-electron chi connectivity index (χ3n) is 4.17. The smallest absolute Gasteiger partial charge is 0.265 e. The van der Waals surface area contributed by atoms with Gasteiger partial charge in [0.25, 0.3) is 11.8 Å². The normalized spacial score (nSPS) is 10.3. The minimum absolute atomic E-state index is 0.108. The molecular weight excluding hydrogens is 388 g/mol. The number of hydrogen-bond acceptors (Lipinski definition) is 5. The summed E-state index contributed by atoms with van der Waals surface area (Å²) in [5.41, 5.74) is 3.18. The van der Waals surface area contributed by atoms with Gasteiger partial charge < -0.3 is 20.1 Å². The summed E-state index contributed by atoms with van der Waals surface area (Å²) in [4.78, 5) is 25.1. The van der Waals surface area contributed by atoms with Gasteiger partial charge in [0.05, 0.1) is 17.7 Å². The Hall–Kier alpha value is -3.32. The third kappa shape index (κ3) is 5.36. The van der Waals surface area contributed by atoms with Crippen LogP contribution in [-0.2, 0) is 4.79 Å². The van der Waals surface area contributed by atoms with Crippen LogP contribution in [0, 0.1) is 13.8 Å². The van der Waals surface area contributed by atoms with Crippen LogP contribution >= 0.6 is 11.3 Å². The lowest BCUT2D eigenvalue weighted by Gasteiger charge is -2.13. The number of rotatable bonds is 7. The van der Waals surface area contributed by atoms with E-state index in [-0.39, 0.29) is 18.4 Å². The van der Waals surface area contributed by atoms with E-state index in [1.807, 2.05) is 43.5 Å². The SMILES string of the molecule is COc1cc(NC(=O)COc2ccc(C)cc2C)ccc1NC(=O)c1cccs1. The molecule has 0 atom stereocenters. The molecule has 1 aromatic heterocycles. The zero-order valence-corrected chi connectivity index (χ0v) is 17.3. The second-order valence-corrected chi connectivity index (χ2v) is 7.40. The molecule has 0 aliphatic carbocycles. The second-order valence-electron chi connectivity index (χ2n) is 6.45. The van der Waals surface area contributed by atoms with E-state index in [0.717, 1.165) is 11.1 Å². The molecule has 6 nitrogen and oxygen atoms in total. The summed E-state index contributed by atoms with van der Waals surface area (Å²) in [5, 5.41) is 7.42. The highest BCUT2D eigenvalue weighted by Gasteiger charge is 2.12. The number of hydrogen-bond donors (Lipinski definition) is 2. The Bertz CT molecular complexity index is 1020. The molecule has 0 spiro atoms. The summed E-state index contributed by atoms with van der Waals surface area (Å²) in [6.07, 6.45) is 0. The van der Waals surface area contributed by atoms with Crippen molar-refractivity contribution in [1.29, 1.82) is 0 Å². The Morgan fingerprint density at radius 3 is 2.52 bits per heavy atom. The fraction of sp³-hybridized carbons (Fsp3) is 0.182. The number of carbonyl (C=O) groups excluding carboxylic acids is 2. The van der Waals surface area contributed by atoms with Gasteiger partial charge >= 0.3 is 0 Å². The first-order valence-electron chi connectivity index (χ1n) is 8.99. The lowest BCUT2D eigenvalue weighted by Crippen LogP contribution is -2.20. The number of thiophene rings is 1. The van der Waals surface area contributed by atoms with Crippen LogP contribution in [0.4, 0.5) is 11.4 Å². The molecule has 2 amide bonds. The highest BCUT2D eigenvalue weighted by molar-refractivity contribution is 7.12. The Balaban J connectivity index is 1.61. The molecule has 0 unspecified atom stereocenters. The predicted molar refractivity (Wildman–Crippen MR) is 115 cm³/mol. The van der Waals surface area contributed by atoms with Gasteiger partial charge in [0, 0.05) is 11.8 Å². The van der Waals surface area contributed by atoms with Crippen LogP contribution in [0.1, 0.15) is 20.8 Å². The first-order chi connectivity index (χ1) is 14.0. The second kappa shape index (κ2) is 9.25. The van der Waals surface area contributed by atoms with Crippen molar-refractivity contribution in [3.63, 3.8) is 0 Å². The Labute approximate surface area is 173 Å². The van der Waals surface area contributed by atoms with Crippen LogP contribution < -0.4 is 20.1 Å². The number of ether oxygens (including phenoxy) is 2. The van der Waals surface area contributed by atoms with Gasteiger partial charge in [-0.05, 0) is 49.1 Å². The summed E-state index contributed by atoms with van der Waals surface area (Å²) in [5.74, 6) is 0.623. The first-order valence-corrected chi connectivity index (χ1v) is 9.87. The maximum absolute atomic E-state index is 12.2. The number of carbonyl (C=O) groups is 2. The number of nitrogens with one attached hydrogen (secondary N) is 2. The minimum Gasteiger partial charge on any atom is -0.494 e. The topological polar surface area (TPSA) is 76.7 Å². The molecule has 3 rings (SSSR count). The van der Waals surface area contributed by atoms with Crippen molar-refractivity contribution in [3.8, 4) is 11.5 Å². The quantitative estimate of drug-likeness (QED) is 0.595. The molecule has 29 heavy (non-hydrogen) atoms. The lowest BCUT2D eigenvalue weighted by molar-refractivity contribution is -0.118. The van der Waals surface area contributed by atoms with E-state index in [9.17, 15) is 9.59 Å². The molecule has 2 aromatic carbocycles. The van der Waals surface area contributed by atoms with E-state index >= 15 is 0 Å². The molecule has 2 N–H and O–H groups in total. The van der Waals surface area contributed by atoms with E-state index in [1.54, 1.807) is 24.3 Å². The Kier molecular flexibility index (Phi) is 6.51. The van der Waals surface area contributed by atoms with Gasteiger partial charge in [-0.1, -0.05) is 23.8 Å². The Morgan fingerprint density at radius 1 is 1.00 bits per heavy atom. The van der Waals surface area contributed by atoms with Crippen molar-refractivity contribution in [1.82, 2.24) is 0 Å². The molecule has 0 radical (unpaired) electrons. The van der Waals surface area contributed by atoms with Crippen molar-refractivity contribution < 1.29 is 19.1 Å². The zero-order chi connectivity index (χ0) is 20.8. The van der Waals surface area contributed by atoms with Crippen LogP contribution in [0.3, 0.4) is 0 Å². The molecule has 3 aromatic rings. The molecule has 150 valence electrons. The van der Waals surface area contributed by atoms with Gasteiger partial charge in [-0.2, -0.15) is 0 Å². The highest BCUT2D eigenvalue weighted by atomic mass is 32.1. The molecule has 0 aliphatic rings. The van der Waals surface area contributed by atoms with Crippen molar-refractivity contribution in [3.05, 3.63) is 69.9 Å². The monoisotopic (exact) mass is 410 g/mol. The van der Waals surface area contributed by atoms with Gasteiger partial charge in [-0.15, -0.1) is 11.3 Å². The van der Waals surface area contributed by atoms with Crippen molar-refractivity contribution >= 4 is 34.5 Å². The minimum atomic E-state index is -0.289. The molecule has 7 heteroatoms. The fourth-order valence-electron chi connectivity index (χ4n) is 2.77. The summed E-state index contributed by atoms with van der Waals surface area (Å²) < 4.78 is 10.9. The average molecular weight is 410 g/mol. The van der Waals surface area contributed by atoms with Gasteiger partial charge in [-0.25, -0.2) is 0 Å².